The van der Waals surface area contributed by atoms with E-state index < -0.39 is 5.97 Å². The number of carbonyl (C=O) groups is 1. The van der Waals surface area contributed by atoms with E-state index in [1.165, 1.54) is 0 Å². The number of aromatic carboxylic acids is 1. The summed E-state index contributed by atoms with van der Waals surface area (Å²) < 4.78 is 0. The molecule has 1 N–H and O–H groups in total. The first kappa shape index (κ1) is 8.59. The van der Waals surface area contributed by atoms with Crippen LogP contribution in [0.2, 0.25) is 0 Å². The lowest BCUT2D eigenvalue weighted by Gasteiger charge is -2.15. The lowest BCUT2D eigenvalue weighted by molar-refractivity contribution is -0.269. The summed E-state index contributed by atoms with van der Waals surface area (Å²) in [4.78, 5) is 10.6. The fourth-order valence-corrected chi connectivity index (χ4v) is 1.05. The average Bonchev–Trinajstić information content (AvgIpc) is 1.97. The van der Waals surface area contributed by atoms with Crippen LogP contribution in [0.15, 0.2) is 12.1 Å². The summed E-state index contributed by atoms with van der Waals surface area (Å²) in [5.74, 6) is -1.54. The van der Waals surface area contributed by atoms with Gasteiger partial charge in [0.1, 0.15) is 0 Å². The van der Waals surface area contributed by atoms with Crippen LogP contribution < -0.4 is 5.11 Å². The molecule has 12 heavy (non-hydrogen) atoms. The topological polar surface area (TPSA) is 60.4 Å². The molecule has 0 saturated carbocycles. The van der Waals surface area contributed by atoms with Gasteiger partial charge in [0, 0.05) is 0 Å². The van der Waals surface area contributed by atoms with E-state index in [-0.39, 0.29) is 11.3 Å². The number of carboxylic acid groups (broad SMARTS) is 1. The highest BCUT2D eigenvalue weighted by Gasteiger charge is 2.08. The maximum Gasteiger partial charge on any atom is 0.335 e. The van der Waals surface area contributed by atoms with Gasteiger partial charge in [-0.1, -0.05) is 23.4 Å². The second-order valence-electron chi connectivity index (χ2n) is 2.71. The first-order valence-corrected chi connectivity index (χ1v) is 3.54. The molecule has 1 aromatic carbocycles. The van der Waals surface area contributed by atoms with Crippen molar-refractivity contribution in [2.45, 2.75) is 13.8 Å². The standard InChI is InChI=1S/C9H10O3/c1-5-3-4-6(2)8(10)7(5)9(11)12/h3-4,10H,1-2H3,(H,11,12)/p-1. The third-order valence-corrected chi connectivity index (χ3v) is 1.78. The van der Waals surface area contributed by atoms with E-state index in [0.717, 1.165) is 0 Å². The summed E-state index contributed by atoms with van der Waals surface area (Å²) in [5.41, 5.74) is 0.867. The van der Waals surface area contributed by atoms with Crippen molar-refractivity contribution in [3.63, 3.8) is 0 Å². The van der Waals surface area contributed by atoms with E-state index in [4.69, 9.17) is 5.11 Å². The second kappa shape index (κ2) is 2.85. The zero-order valence-corrected chi connectivity index (χ0v) is 6.92. The first-order chi connectivity index (χ1) is 5.54. The fraction of sp³-hybridized carbons (Fsp3) is 0.222. The van der Waals surface area contributed by atoms with Crippen molar-refractivity contribution in [2.24, 2.45) is 0 Å². The highest BCUT2D eigenvalue weighted by molar-refractivity contribution is 5.92. The number of benzene rings is 1. The predicted molar refractivity (Wildman–Crippen MR) is 42.3 cm³/mol. The summed E-state index contributed by atoms with van der Waals surface area (Å²) in [6.07, 6.45) is 0. The Balaban J connectivity index is 3.43. The van der Waals surface area contributed by atoms with Crippen molar-refractivity contribution in [1.82, 2.24) is 0 Å². The van der Waals surface area contributed by atoms with Crippen LogP contribution in [0.4, 0.5) is 0 Å². The molecule has 0 aliphatic rings. The molecule has 0 aromatic heterocycles. The van der Waals surface area contributed by atoms with Crippen molar-refractivity contribution in [3.05, 3.63) is 28.8 Å². The van der Waals surface area contributed by atoms with Crippen molar-refractivity contribution in [2.75, 3.05) is 0 Å². The quantitative estimate of drug-likeness (QED) is 0.677. The van der Waals surface area contributed by atoms with Crippen molar-refractivity contribution >= 4 is 5.97 Å². The molecule has 0 atom stereocenters. The lowest BCUT2D eigenvalue weighted by Crippen LogP contribution is -2.07. The van der Waals surface area contributed by atoms with E-state index >= 15 is 0 Å². The van der Waals surface area contributed by atoms with Gasteiger partial charge < -0.3 is 10.2 Å². The molecular weight excluding hydrogens is 156 g/mol. The molecule has 64 valence electrons. The van der Waals surface area contributed by atoms with Gasteiger partial charge in [0.15, 0.2) is 0 Å². The van der Waals surface area contributed by atoms with Crippen LogP contribution in [0.5, 0.6) is 5.75 Å². The van der Waals surface area contributed by atoms with E-state index in [9.17, 15) is 9.90 Å². The number of carboxylic acids is 1. The van der Waals surface area contributed by atoms with Gasteiger partial charge in [-0.15, -0.1) is 0 Å². The van der Waals surface area contributed by atoms with Gasteiger partial charge in [-0.05, 0) is 19.4 Å². The fourth-order valence-electron chi connectivity index (χ4n) is 1.05. The number of aryl methyl sites for hydroxylation is 2. The molecule has 0 aliphatic carbocycles. The second-order valence-corrected chi connectivity index (χ2v) is 2.71. The van der Waals surface area contributed by atoms with Gasteiger partial charge >= 0.3 is 5.97 Å². The normalized spacial score (nSPS) is 9.83. The lowest BCUT2D eigenvalue weighted by atomic mass is 10.0. The molecule has 1 rings (SSSR count). The maximum absolute atomic E-state index is 11.3. The highest BCUT2D eigenvalue weighted by Crippen LogP contribution is 2.21. The Hall–Kier alpha value is -1.51. The van der Waals surface area contributed by atoms with Crippen molar-refractivity contribution in [1.29, 1.82) is 0 Å². The largest absolute Gasteiger partial charge is 0.872 e. The van der Waals surface area contributed by atoms with Crippen LogP contribution in [0.3, 0.4) is 0 Å². The van der Waals surface area contributed by atoms with Crippen LogP contribution in [0.1, 0.15) is 21.5 Å². The van der Waals surface area contributed by atoms with Crippen LogP contribution in [-0.4, -0.2) is 11.1 Å². The number of hydrogen-bond donors (Lipinski definition) is 1. The van der Waals surface area contributed by atoms with Crippen LogP contribution >= 0.6 is 0 Å². The molecular formula is C9H9O3-. The van der Waals surface area contributed by atoms with Gasteiger partial charge in [0.05, 0.1) is 5.56 Å². The smallest absolute Gasteiger partial charge is 0.335 e. The molecule has 0 saturated heterocycles. The molecule has 0 unspecified atom stereocenters. The molecule has 3 heteroatoms. The summed E-state index contributed by atoms with van der Waals surface area (Å²) in [6.45, 7) is 3.22. The molecule has 0 bridgehead atoms. The third-order valence-electron chi connectivity index (χ3n) is 1.78. The first-order valence-electron chi connectivity index (χ1n) is 3.54. The van der Waals surface area contributed by atoms with Gasteiger partial charge in [-0.3, -0.25) is 0 Å². The minimum absolute atomic E-state index is 0.116. The zero-order valence-electron chi connectivity index (χ0n) is 6.92. The molecule has 3 nitrogen and oxygen atoms in total. The molecule has 0 amide bonds. The molecule has 0 heterocycles. The van der Waals surface area contributed by atoms with E-state index in [1.54, 1.807) is 26.0 Å². The SMILES string of the molecule is Cc1ccc(C)c(C(=O)O)c1[O-]. The van der Waals surface area contributed by atoms with E-state index in [0.29, 0.717) is 11.1 Å². The molecule has 0 fully saturated rings. The van der Waals surface area contributed by atoms with Crippen LogP contribution in [0, 0.1) is 13.8 Å². The van der Waals surface area contributed by atoms with Crippen molar-refractivity contribution < 1.29 is 15.0 Å². The minimum Gasteiger partial charge on any atom is -0.872 e. The highest BCUT2D eigenvalue weighted by atomic mass is 16.4. The Bertz CT molecular complexity index is 329. The Labute approximate surface area is 70.3 Å². The molecule has 1 aromatic rings. The average molecular weight is 165 g/mol. The predicted octanol–water partition coefficient (Wildman–Crippen LogP) is 1.08. The van der Waals surface area contributed by atoms with E-state index in [2.05, 4.69) is 0 Å². The monoisotopic (exact) mass is 165 g/mol. The molecule has 0 aliphatic heterocycles. The third kappa shape index (κ3) is 1.25. The zero-order chi connectivity index (χ0) is 9.30. The van der Waals surface area contributed by atoms with Gasteiger partial charge in [-0.25, -0.2) is 4.79 Å². The van der Waals surface area contributed by atoms with Crippen LogP contribution in [-0.2, 0) is 0 Å². The summed E-state index contributed by atoms with van der Waals surface area (Å²) in [6, 6.07) is 3.27. The van der Waals surface area contributed by atoms with Gasteiger partial charge in [-0.2, -0.15) is 0 Å². The summed E-state index contributed by atoms with van der Waals surface area (Å²) in [7, 11) is 0. The van der Waals surface area contributed by atoms with Gasteiger partial charge in [0.2, 0.25) is 0 Å². The Kier molecular flexibility index (Phi) is 2.04. The summed E-state index contributed by atoms with van der Waals surface area (Å²) >= 11 is 0. The molecule has 0 radical (unpaired) electrons. The maximum atomic E-state index is 11.3. The van der Waals surface area contributed by atoms with E-state index in [1.807, 2.05) is 0 Å². The Morgan fingerprint density at radius 2 is 1.83 bits per heavy atom. The Morgan fingerprint density at radius 3 is 2.25 bits per heavy atom. The molecule has 0 spiro atoms. The number of rotatable bonds is 1. The van der Waals surface area contributed by atoms with Crippen molar-refractivity contribution in [3.8, 4) is 5.75 Å². The summed E-state index contributed by atoms with van der Waals surface area (Å²) in [5, 5.41) is 19.9. The minimum atomic E-state index is -1.15. The van der Waals surface area contributed by atoms with Crippen LogP contribution in [0.25, 0.3) is 0 Å². The number of hydrogen-bond acceptors (Lipinski definition) is 2. The Morgan fingerprint density at radius 1 is 1.33 bits per heavy atom. The van der Waals surface area contributed by atoms with Gasteiger partial charge in [0.25, 0.3) is 0 Å².